The highest BCUT2D eigenvalue weighted by atomic mass is 16.3. The Balaban J connectivity index is 1.98. The van der Waals surface area contributed by atoms with Crippen LogP contribution < -0.4 is 0 Å². The number of hydrogen-bond donors (Lipinski definition) is 1. The third-order valence-electron chi connectivity index (χ3n) is 5.33. The molecule has 4 nitrogen and oxygen atoms in total. The maximum Gasteiger partial charge on any atom is 0.161 e. The third kappa shape index (κ3) is 2.70. The molecule has 4 heteroatoms. The quantitative estimate of drug-likeness (QED) is 0.695. The van der Waals surface area contributed by atoms with Crippen LogP contribution in [-0.4, -0.2) is 19.6 Å². The van der Waals surface area contributed by atoms with Crippen LogP contribution in [0.1, 0.15) is 60.4 Å². The lowest BCUT2D eigenvalue weighted by atomic mass is 9.98. The summed E-state index contributed by atoms with van der Waals surface area (Å²) in [5.74, 6) is 1.46. The van der Waals surface area contributed by atoms with Gasteiger partial charge in [0.25, 0.3) is 0 Å². The van der Waals surface area contributed by atoms with E-state index in [4.69, 9.17) is 9.97 Å². The van der Waals surface area contributed by atoms with Gasteiger partial charge < -0.3 is 9.67 Å². The predicted octanol–water partition coefficient (Wildman–Crippen LogP) is 4.63. The van der Waals surface area contributed by atoms with Crippen molar-refractivity contribution in [3.63, 3.8) is 0 Å². The van der Waals surface area contributed by atoms with Crippen LogP contribution in [-0.2, 0) is 12.8 Å². The first-order valence-corrected chi connectivity index (χ1v) is 9.25. The fraction of sp³-hybridized carbons (Fsp3) is 0.429. The number of fused-ring (bicyclic) bond motifs is 2. The second-order valence-corrected chi connectivity index (χ2v) is 7.15. The molecule has 2 heterocycles. The average molecular weight is 335 g/mol. The fourth-order valence-corrected chi connectivity index (χ4v) is 4.21. The van der Waals surface area contributed by atoms with Crippen LogP contribution in [0.3, 0.4) is 0 Å². The number of pyridine rings is 1. The Morgan fingerprint density at radius 3 is 2.80 bits per heavy atom. The number of nitrogens with zero attached hydrogens (tertiary/aromatic N) is 3. The normalized spacial score (nSPS) is 17.5. The average Bonchev–Trinajstić information content (AvgIpc) is 2.82. The van der Waals surface area contributed by atoms with Crippen LogP contribution in [0.25, 0.3) is 11.2 Å². The topological polar surface area (TPSA) is 50.9 Å². The molecule has 4 rings (SSSR count). The van der Waals surface area contributed by atoms with Gasteiger partial charge in [-0.2, -0.15) is 0 Å². The Morgan fingerprint density at radius 1 is 1.16 bits per heavy atom. The molecule has 0 radical (unpaired) electrons. The number of aromatic nitrogens is 3. The van der Waals surface area contributed by atoms with Gasteiger partial charge in [-0.1, -0.05) is 19.4 Å². The van der Waals surface area contributed by atoms with Crippen LogP contribution in [0.2, 0.25) is 0 Å². The SMILES string of the molecule is CCc1nc2c(C)cc(C)nc2n1C1CCCCc2cc(O)ccc21. The molecule has 1 aromatic carbocycles. The van der Waals surface area contributed by atoms with Crippen LogP contribution >= 0.6 is 0 Å². The van der Waals surface area contributed by atoms with E-state index in [2.05, 4.69) is 37.5 Å². The molecule has 1 N–H and O–H groups in total. The van der Waals surface area contributed by atoms with Crippen molar-refractivity contribution in [2.75, 3.05) is 0 Å². The lowest BCUT2D eigenvalue weighted by Gasteiger charge is -2.22. The van der Waals surface area contributed by atoms with E-state index in [1.54, 1.807) is 0 Å². The summed E-state index contributed by atoms with van der Waals surface area (Å²) in [5.41, 5.74) is 6.82. The molecule has 0 fully saturated rings. The van der Waals surface area contributed by atoms with Gasteiger partial charge in [-0.05, 0) is 68.0 Å². The molecule has 0 spiro atoms. The van der Waals surface area contributed by atoms with Crippen molar-refractivity contribution in [3.8, 4) is 5.75 Å². The third-order valence-corrected chi connectivity index (χ3v) is 5.33. The summed E-state index contributed by atoms with van der Waals surface area (Å²) in [6.07, 6.45) is 5.34. The van der Waals surface area contributed by atoms with Gasteiger partial charge in [-0.15, -0.1) is 0 Å². The first kappa shape index (κ1) is 16.1. The van der Waals surface area contributed by atoms with Crippen molar-refractivity contribution in [1.82, 2.24) is 14.5 Å². The number of hydrogen-bond acceptors (Lipinski definition) is 3. The molecule has 0 saturated heterocycles. The monoisotopic (exact) mass is 335 g/mol. The summed E-state index contributed by atoms with van der Waals surface area (Å²) in [5, 5.41) is 9.91. The van der Waals surface area contributed by atoms with Gasteiger partial charge in [0.1, 0.15) is 17.1 Å². The van der Waals surface area contributed by atoms with Gasteiger partial charge in [0.05, 0.1) is 6.04 Å². The molecule has 3 aromatic rings. The fourth-order valence-electron chi connectivity index (χ4n) is 4.21. The molecule has 1 unspecified atom stereocenters. The van der Waals surface area contributed by atoms with E-state index >= 15 is 0 Å². The summed E-state index contributed by atoms with van der Waals surface area (Å²) in [6, 6.07) is 8.19. The van der Waals surface area contributed by atoms with E-state index in [-0.39, 0.29) is 6.04 Å². The van der Waals surface area contributed by atoms with Gasteiger partial charge in [-0.3, -0.25) is 0 Å². The van der Waals surface area contributed by atoms with E-state index in [1.807, 2.05) is 12.1 Å². The minimum absolute atomic E-state index is 0.242. The van der Waals surface area contributed by atoms with Crippen molar-refractivity contribution in [2.24, 2.45) is 0 Å². The molecule has 2 aromatic heterocycles. The molecule has 1 aliphatic rings. The maximum atomic E-state index is 9.91. The number of aryl methyl sites for hydroxylation is 4. The summed E-state index contributed by atoms with van der Waals surface area (Å²) in [4.78, 5) is 9.77. The van der Waals surface area contributed by atoms with Crippen molar-refractivity contribution < 1.29 is 5.11 Å². The molecular formula is C21H25N3O. The first-order chi connectivity index (χ1) is 12.1. The molecule has 25 heavy (non-hydrogen) atoms. The van der Waals surface area contributed by atoms with E-state index in [0.717, 1.165) is 48.4 Å². The standard InChI is InChI=1S/C21H25N3O/c1-4-19-23-20-13(2)11-14(3)22-21(20)24(19)18-8-6-5-7-15-12-16(25)9-10-17(15)18/h9-12,18,25H,4-8H2,1-3H3. The Morgan fingerprint density at radius 2 is 2.00 bits per heavy atom. The van der Waals surface area contributed by atoms with E-state index in [9.17, 15) is 5.11 Å². The number of aromatic hydroxyl groups is 1. The molecule has 0 amide bonds. The Bertz CT molecular complexity index is 942. The van der Waals surface area contributed by atoms with Crippen LogP contribution in [0.5, 0.6) is 5.75 Å². The lowest BCUT2D eigenvalue weighted by molar-refractivity contribution is 0.473. The largest absolute Gasteiger partial charge is 0.508 e. The second kappa shape index (κ2) is 6.17. The summed E-state index contributed by atoms with van der Waals surface area (Å²) >= 11 is 0. The highest BCUT2D eigenvalue weighted by molar-refractivity contribution is 5.76. The molecular weight excluding hydrogens is 310 g/mol. The Labute approximate surface area is 148 Å². The van der Waals surface area contributed by atoms with Gasteiger partial charge >= 0.3 is 0 Å². The zero-order valence-electron chi connectivity index (χ0n) is 15.2. The Kier molecular flexibility index (Phi) is 3.98. The molecule has 130 valence electrons. The number of benzene rings is 1. The second-order valence-electron chi connectivity index (χ2n) is 7.15. The zero-order chi connectivity index (χ0) is 17.6. The lowest BCUT2D eigenvalue weighted by Crippen LogP contribution is -2.15. The number of rotatable bonds is 2. The zero-order valence-corrected chi connectivity index (χ0v) is 15.2. The Hall–Kier alpha value is -2.36. The van der Waals surface area contributed by atoms with Gasteiger partial charge in [0.15, 0.2) is 5.65 Å². The first-order valence-electron chi connectivity index (χ1n) is 9.25. The minimum Gasteiger partial charge on any atom is -0.508 e. The maximum absolute atomic E-state index is 9.91. The predicted molar refractivity (Wildman–Crippen MR) is 100 cm³/mol. The molecule has 0 saturated carbocycles. The van der Waals surface area contributed by atoms with Gasteiger partial charge in [0, 0.05) is 12.1 Å². The molecule has 1 atom stereocenters. The van der Waals surface area contributed by atoms with Crippen molar-refractivity contribution in [3.05, 3.63) is 52.5 Å². The van der Waals surface area contributed by atoms with E-state index < -0.39 is 0 Å². The molecule has 0 bridgehead atoms. The van der Waals surface area contributed by atoms with Crippen LogP contribution in [0, 0.1) is 13.8 Å². The number of phenols is 1. The van der Waals surface area contributed by atoms with Crippen LogP contribution in [0.4, 0.5) is 0 Å². The molecule has 0 aliphatic heterocycles. The number of imidazole rings is 1. The van der Waals surface area contributed by atoms with E-state index in [1.165, 1.54) is 23.1 Å². The molecule has 1 aliphatic carbocycles. The summed E-state index contributed by atoms with van der Waals surface area (Å²) in [6.45, 7) is 6.33. The smallest absolute Gasteiger partial charge is 0.161 e. The number of phenolic OH excluding ortho intramolecular Hbond substituents is 1. The summed E-state index contributed by atoms with van der Waals surface area (Å²) < 4.78 is 2.36. The summed E-state index contributed by atoms with van der Waals surface area (Å²) in [7, 11) is 0. The van der Waals surface area contributed by atoms with Crippen molar-refractivity contribution in [1.29, 1.82) is 0 Å². The van der Waals surface area contributed by atoms with Gasteiger partial charge in [-0.25, -0.2) is 9.97 Å². The van der Waals surface area contributed by atoms with Crippen molar-refractivity contribution >= 4 is 11.2 Å². The van der Waals surface area contributed by atoms with E-state index in [0.29, 0.717) is 5.75 Å². The van der Waals surface area contributed by atoms with Crippen LogP contribution in [0.15, 0.2) is 24.3 Å². The van der Waals surface area contributed by atoms with Gasteiger partial charge in [0.2, 0.25) is 0 Å². The highest BCUT2D eigenvalue weighted by Crippen LogP contribution is 2.36. The minimum atomic E-state index is 0.242. The highest BCUT2D eigenvalue weighted by Gasteiger charge is 2.25. The van der Waals surface area contributed by atoms with Crippen molar-refractivity contribution in [2.45, 2.75) is 58.9 Å².